The Kier molecular flexibility index (Phi) is 6.48. The monoisotopic (exact) mass is 460 g/mol. The Morgan fingerprint density at radius 3 is 2.44 bits per heavy atom. The van der Waals surface area contributed by atoms with Gasteiger partial charge in [0.2, 0.25) is 11.8 Å². The molecule has 2 unspecified atom stereocenters. The van der Waals surface area contributed by atoms with E-state index >= 15 is 0 Å². The van der Waals surface area contributed by atoms with Crippen LogP contribution in [0.4, 0.5) is 0 Å². The zero-order valence-electron chi connectivity index (χ0n) is 19.4. The molecule has 0 spiro atoms. The average Bonchev–Trinajstić information content (AvgIpc) is 3.18. The van der Waals surface area contributed by atoms with Gasteiger partial charge in [0, 0.05) is 25.1 Å². The van der Waals surface area contributed by atoms with Crippen LogP contribution in [-0.2, 0) is 22.7 Å². The predicted molar refractivity (Wildman–Crippen MR) is 129 cm³/mol. The number of piperidine rings is 2. The molecule has 178 valence electrons. The van der Waals surface area contributed by atoms with Crippen molar-refractivity contribution in [2.75, 3.05) is 19.6 Å². The van der Waals surface area contributed by atoms with Crippen LogP contribution in [0.3, 0.4) is 0 Å². The fourth-order valence-corrected chi connectivity index (χ4v) is 5.88. The van der Waals surface area contributed by atoms with Crippen molar-refractivity contribution in [3.05, 3.63) is 70.8 Å². The lowest BCUT2D eigenvalue weighted by Gasteiger charge is -2.36. The largest absolute Gasteiger partial charge is 0.330 e. The predicted octanol–water partition coefficient (Wildman–Crippen LogP) is 2.40. The maximum Gasteiger partial charge on any atom is 0.255 e. The van der Waals surface area contributed by atoms with E-state index in [-0.39, 0.29) is 24.1 Å². The highest BCUT2D eigenvalue weighted by Crippen LogP contribution is 2.34. The van der Waals surface area contributed by atoms with Crippen molar-refractivity contribution in [3.63, 3.8) is 0 Å². The molecule has 3 aliphatic rings. The number of likely N-dealkylation sites (tertiary alicyclic amines) is 1. The summed E-state index contributed by atoms with van der Waals surface area (Å²) in [5.74, 6) is 0.220. The van der Waals surface area contributed by atoms with Crippen LogP contribution in [0.2, 0.25) is 0 Å². The molecule has 2 fully saturated rings. The van der Waals surface area contributed by atoms with E-state index < -0.39 is 6.04 Å². The normalized spacial score (nSPS) is 22.6. The summed E-state index contributed by atoms with van der Waals surface area (Å²) in [7, 11) is 0. The maximum atomic E-state index is 13.4. The summed E-state index contributed by atoms with van der Waals surface area (Å²) >= 11 is 0. The standard InChI is InChI=1S/C27H32N4O3/c28-15-22(18-5-2-1-3-6-18)19-11-13-30(14-12-19)16-20-7-4-8-21-17-31(27(34)25(20)21)23-9-10-24(32)29-26(23)33/h1-8,19,22-23H,9-17,28H2,(H,29,32,33). The lowest BCUT2D eigenvalue weighted by Crippen LogP contribution is -2.52. The van der Waals surface area contributed by atoms with E-state index in [4.69, 9.17) is 5.73 Å². The number of carbonyl (C=O) groups excluding carboxylic acids is 3. The Morgan fingerprint density at radius 1 is 0.971 bits per heavy atom. The summed E-state index contributed by atoms with van der Waals surface area (Å²) < 4.78 is 0. The van der Waals surface area contributed by atoms with Crippen LogP contribution in [0.1, 0.15) is 58.6 Å². The second kappa shape index (κ2) is 9.68. The number of nitrogens with two attached hydrogens (primary N) is 1. The Bertz CT molecular complexity index is 1080. The van der Waals surface area contributed by atoms with Crippen molar-refractivity contribution < 1.29 is 14.4 Å². The van der Waals surface area contributed by atoms with Gasteiger partial charge in [-0.1, -0.05) is 48.5 Å². The van der Waals surface area contributed by atoms with Crippen molar-refractivity contribution in [2.45, 2.75) is 50.7 Å². The van der Waals surface area contributed by atoms with Gasteiger partial charge < -0.3 is 10.6 Å². The summed E-state index contributed by atoms with van der Waals surface area (Å²) in [5.41, 5.74) is 10.2. The first kappa shape index (κ1) is 22.7. The van der Waals surface area contributed by atoms with Gasteiger partial charge in [-0.25, -0.2) is 0 Å². The third-order valence-electron chi connectivity index (χ3n) is 7.72. The minimum Gasteiger partial charge on any atom is -0.330 e. The van der Waals surface area contributed by atoms with Gasteiger partial charge in [0.15, 0.2) is 0 Å². The summed E-state index contributed by atoms with van der Waals surface area (Å²) in [4.78, 5) is 41.3. The molecule has 0 radical (unpaired) electrons. The summed E-state index contributed by atoms with van der Waals surface area (Å²) in [6.45, 7) is 3.76. The highest BCUT2D eigenvalue weighted by atomic mass is 16.2. The van der Waals surface area contributed by atoms with Crippen molar-refractivity contribution in [2.24, 2.45) is 11.7 Å². The van der Waals surface area contributed by atoms with Crippen LogP contribution in [0.5, 0.6) is 0 Å². The first-order valence-corrected chi connectivity index (χ1v) is 12.3. The maximum absolute atomic E-state index is 13.4. The highest BCUT2D eigenvalue weighted by Gasteiger charge is 2.40. The molecule has 7 nitrogen and oxygen atoms in total. The number of nitrogens with one attached hydrogen (secondary N) is 1. The number of fused-ring (bicyclic) bond motifs is 1. The van der Waals surface area contributed by atoms with Gasteiger partial charge in [-0.2, -0.15) is 0 Å². The van der Waals surface area contributed by atoms with Crippen molar-refractivity contribution >= 4 is 17.7 Å². The van der Waals surface area contributed by atoms with E-state index in [0.29, 0.717) is 31.3 Å². The van der Waals surface area contributed by atoms with E-state index in [0.717, 1.165) is 49.2 Å². The Hall–Kier alpha value is -3.03. The lowest BCUT2D eigenvalue weighted by molar-refractivity contribution is -0.136. The Morgan fingerprint density at radius 2 is 1.74 bits per heavy atom. The van der Waals surface area contributed by atoms with E-state index in [9.17, 15) is 14.4 Å². The van der Waals surface area contributed by atoms with Gasteiger partial charge in [0.25, 0.3) is 5.91 Å². The van der Waals surface area contributed by atoms with Crippen LogP contribution in [0.25, 0.3) is 0 Å². The quantitative estimate of drug-likeness (QED) is 0.646. The number of hydrogen-bond acceptors (Lipinski definition) is 5. The second-order valence-corrected chi connectivity index (χ2v) is 9.72. The molecule has 3 aliphatic heterocycles. The second-order valence-electron chi connectivity index (χ2n) is 9.72. The van der Waals surface area contributed by atoms with Crippen molar-refractivity contribution in [1.82, 2.24) is 15.1 Å². The highest BCUT2D eigenvalue weighted by molar-refractivity contribution is 6.06. The molecule has 3 heterocycles. The average molecular weight is 461 g/mol. The van der Waals surface area contributed by atoms with E-state index in [1.54, 1.807) is 4.90 Å². The molecule has 0 aliphatic carbocycles. The molecule has 0 saturated carbocycles. The third-order valence-corrected chi connectivity index (χ3v) is 7.72. The van der Waals surface area contributed by atoms with E-state index in [2.05, 4.69) is 34.5 Å². The van der Waals surface area contributed by atoms with E-state index in [1.807, 2.05) is 24.3 Å². The molecule has 5 rings (SSSR count). The lowest BCUT2D eigenvalue weighted by atomic mass is 9.80. The topological polar surface area (TPSA) is 95.7 Å². The molecule has 2 atom stereocenters. The summed E-state index contributed by atoms with van der Waals surface area (Å²) in [6.07, 6.45) is 2.83. The minimum absolute atomic E-state index is 0.0951. The minimum atomic E-state index is -0.577. The molecular formula is C27H32N4O3. The number of nitrogens with zero attached hydrogens (tertiary/aromatic N) is 2. The van der Waals surface area contributed by atoms with Crippen molar-refractivity contribution in [3.8, 4) is 0 Å². The molecule has 2 aromatic carbocycles. The molecule has 34 heavy (non-hydrogen) atoms. The molecule has 0 bridgehead atoms. The molecule has 2 saturated heterocycles. The van der Waals surface area contributed by atoms with Gasteiger partial charge in [-0.15, -0.1) is 0 Å². The van der Waals surface area contributed by atoms with Gasteiger partial charge in [0.1, 0.15) is 6.04 Å². The number of imide groups is 1. The first-order chi connectivity index (χ1) is 16.5. The van der Waals surface area contributed by atoms with Gasteiger partial charge in [-0.05, 0) is 67.4 Å². The van der Waals surface area contributed by atoms with E-state index in [1.165, 1.54) is 5.56 Å². The molecule has 7 heteroatoms. The fraction of sp³-hybridized carbons (Fsp3) is 0.444. The van der Waals surface area contributed by atoms with Gasteiger partial charge in [-0.3, -0.25) is 24.6 Å². The van der Waals surface area contributed by atoms with Crippen molar-refractivity contribution in [1.29, 1.82) is 0 Å². The number of rotatable bonds is 6. The zero-order chi connectivity index (χ0) is 23.7. The van der Waals surface area contributed by atoms with Crippen LogP contribution >= 0.6 is 0 Å². The van der Waals surface area contributed by atoms with Gasteiger partial charge in [0.05, 0.1) is 0 Å². The van der Waals surface area contributed by atoms with Crippen LogP contribution in [0, 0.1) is 5.92 Å². The van der Waals surface area contributed by atoms with Gasteiger partial charge >= 0.3 is 0 Å². The van der Waals surface area contributed by atoms with Crippen LogP contribution in [0.15, 0.2) is 48.5 Å². The number of amides is 3. The van der Waals surface area contributed by atoms with Crippen LogP contribution in [-0.4, -0.2) is 53.2 Å². The third kappa shape index (κ3) is 4.38. The number of carbonyl (C=O) groups is 3. The number of hydrogen-bond donors (Lipinski definition) is 2. The smallest absolute Gasteiger partial charge is 0.255 e. The fourth-order valence-electron chi connectivity index (χ4n) is 5.88. The SMILES string of the molecule is NCC(c1ccccc1)C1CCN(Cc2cccc3c2C(=O)N(C2CCC(=O)NC2=O)C3)CC1. The number of benzene rings is 2. The molecule has 3 amide bonds. The molecule has 3 N–H and O–H groups in total. The molecule has 2 aromatic rings. The molecular weight excluding hydrogens is 428 g/mol. The first-order valence-electron chi connectivity index (χ1n) is 12.3. The Labute approximate surface area is 200 Å². The zero-order valence-corrected chi connectivity index (χ0v) is 19.4. The summed E-state index contributed by atoms with van der Waals surface area (Å²) in [5, 5.41) is 2.37. The van der Waals surface area contributed by atoms with Crippen LogP contribution < -0.4 is 11.1 Å². The molecule has 0 aromatic heterocycles. The Balaban J connectivity index is 1.25. The summed E-state index contributed by atoms with van der Waals surface area (Å²) in [6, 6.07) is 16.0.